The molecule has 204 valence electrons. The zero-order valence-electron chi connectivity index (χ0n) is 22.6. The van der Waals surface area contributed by atoms with Gasteiger partial charge in [-0.3, -0.25) is 4.55 Å². The Morgan fingerprint density at radius 1 is 0.846 bits per heavy atom. The Hall–Kier alpha value is -3.99. The summed E-state index contributed by atoms with van der Waals surface area (Å²) in [6.45, 7) is 9.13. The fourth-order valence-electron chi connectivity index (χ4n) is 5.42. The molecule has 0 fully saturated rings. The van der Waals surface area contributed by atoms with Gasteiger partial charge in [0, 0.05) is 26.2 Å². The molecule has 4 rings (SSSR count). The number of hydrogen-bond donors (Lipinski definition) is 1. The van der Waals surface area contributed by atoms with Crippen LogP contribution in [0.4, 0.5) is 22.7 Å². The summed E-state index contributed by atoms with van der Waals surface area (Å²) in [7, 11) is -4.01. The lowest BCUT2D eigenvalue weighted by Gasteiger charge is -2.30. The van der Waals surface area contributed by atoms with E-state index in [1.807, 2.05) is 42.5 Å². The fourth-order valence-corrected chi connectivity index (χ4v) is 5.99. The zero-order valence-corrected chi connectivity index (χ0v) is 23.4. The quantitative estimate of drug-likeness (QED) is 0.330. The maximum atomic E-state index is 11.2. The monoisotopic (exact) mass is 546 g/mol. The Balaban J connectivity index is 1.65. The van der Waals surface area contributed by atoms with Crippen LogP contribution < -0.4 is 19.6 Å². The van der Waals surface area contributed by atoms with Gasteiger partial charge in [0.15, 0.2) is 0 Å². The van der Waals surface area contributed by atoms with Crippen molar-refractivity contribution >= 4 is 32.9 Å². The number of allylic oxidation sites excluding steroid dienone is 2. The predicted octanol–water partition coefficient (Wildman–Crippen LogP) is 4.83. The van der Waals surface area contributed by atoms with Crippen LogP contribution in [-0.2, 0) is 10.1 Å². The first-order chi connectivity index (χ1) is 18.8. The van der Waals surface area contributed by atoms with Crippen molar-refractivity contribution in [1.29, 1.82) is 10.5 Å². The molecule has 0 amide bonds. The van der Waals surface area contributed by atoms with Crippen LogP contribution in [0.15, 0.2) is 60.4 Å². The van der Waals surface area contributed by atoms with Crippen molar-refractivity contribution in [2.24, 2.45) is 0 Å². The van der Waals surface area contributed by atoms with E-state index in [0.29, 0.717) is 30.5 Å². The molecule has 1 unspecified atom stereocenters. The SMILES string of the molecule is CCN1C(=CC=CC2N(CC)c3ccc(C#N)cc3N2CCCCS(=O)(=O)O)N(CC)c2cc(C#N)ccc21. The molecular weight excluding hydrogens is 512 g/mol. The molecule has 39 heavy (non-hydrogen) atoms. The number of hydrogen-bond acceptors (Lipinski definition) is 8. The number of rotatable bonds is 10. The first-order valence-corrected chi connectivity index (χ1v) is 14.9. The van der Waals surface area contributed by atoms with Gasteiger partial charge < -0.3 is 19.6 Å². The molecule has 2 aromatic rings. The van der Waals surface area contributed by atoms with E-state index in [1.54, 1.807) is 0 Å². The molecule has 0 aromatic heterocycles. The highest BCUT2D eigenvalue weighted by Gasteiger charge is 2.34. The third kappa shape index (κ3) is 5.73. The number of anilines is 4. The van der Waals surface area contributed by atoms with Crippen molar-refractivity contribution in [3.63, 3.8) is 0 Å². The van der Waals surface area contributed by atoms with Crippen molar-refractivity contribution in [3.05, 3.63) is 71.6 Å². The molecule has 0 spiro atoms. The highest BCUT2D eigenvalue weighted by Crippen LogP contribution is 2.43. The third-order valence-electron chi connectivity index (χ3n) is 7.15. The Morgan fingerprint density at radius 2 is 1.46 bits per heavy atom. The van der Waals surface area contributed by atoms with E-state index in [1.165, 1.54) is 0 Å². The second-order valence-corrected chi connectivity index (χ2v) is 11.0. The van der Waals surface area contributed by atoms with Crippen molar-refractivity contribution in [2.75, 3.05) is 51.5 Å². The lowest BCUT2D eigenvalue weighted by atomic mass is 10.1. The van der Waals surface area contributed by atoms with Crippen molar-refractivity contribution < 1.29 is 13.0 Å². The van der Waals surface area contributed by atoms with Crippen LogP contribution in [0.3, 0.4) is 0 Å². The minimum atomic E-state index is -4.01. The number of nitrogens with zero attached hydrogens (tertiary/aromatic N) is 6. The highest BCUT2D eigenvalue weighted by atomic mass is 32.2. The van der Waals surface area contributed by atoms with E-state index in [4.69, 9.17) is 4.55 Å². The molecule has 2 aliphatic rings. The summed E-state index contributed by atoms with van der Waals surface area (Å²) in [5, 5.41) is 18.9. The molecular formula is C29H34N6O3S. The summed E-state index contributed by atoms with van der Waals surface area (Å²) < 4.78 is 31.6. The van der Waals surface area contributed by atoms with Gasteiger partial charge in [-0.25, -0.2) is 0 Å². The first-order valence-electron chi connectivity index (χ1n) is 13.3. The third-order valence-corrected chi connectivity index (χ3v) is 7.96. The molecule has 0 saturated carbocycles. The van der Waals surface area contributed by atoms with Crippen molar-refractivity contribution in [1.82, 2.24) is 0 Å². The Morgan fingerprint density at radius 3 is 2.05 bits per heavy atom. The number of likely N-dealkylation sites (N-methyl/N-ethyl adjacent to an activating group) is 1. The van der Waals surface area contributed by atoms with Gasteiger partial charge in [0.1, 0.15) is 12.0 Å². The van der Waals surface area contributed by atoms with Gasteiger partial charge in [0.05, 0.1) is 51.8 Å². The van der Waals surface area contributed by atoms with Crippen LogP contribution in [0, 0.1) is 22.7 Å². The molecule has 10 heteroatoms. The average Bonchev–Trinajstić information content (AvgIpc) is 3.40. The standard InChI is InChI=1S/C29H34N6O3S/c1-4-32-24-14-12-22(20-30)18-26(24)34(6-3)28(32)10-9-11-29-33(5-2)25-15-13-23(21-31)19-27(25)35(29)16-7-8-17-39(36,37)38/h9-15,18-19,29H,4-8,16-17H2,1-3H3,(H,36,37,38). The van der Waals surface area contributed by atoms with Crippen LogP contribution in [-0.4, -0.2) is 51.1 Å². The Bertz CT molecular complexity index is 1470. The van der Waals surface area contributed by atoms with Crippen LogP contribution in [0.25, 0.3) is 0 Å². The van der Waals surface area contributed by atoms with Gasteiger partial charge in [0.25, 0.3) is 10.1 Å². The fraction of sp³-hybridized carbons (Fsp3) is 0.379. The molecule has 2 aliphatic heterocycles. The molecule has 0 saturated heterocycles. The van der Waals surface area contributed by atoms with E-state index in [-0.39, 0.29) is 11.9 Å². The van der Waals surface area contributed by atoms with Crippen molar-refractivity contribution in [3.8, 4) is 12.1 Å². The Labute approximate surface area is 231 Å². The smallest absolute Gasteiger partial charge is 0.264 e. The molecule has 0 bridgehead atoms. The normalized spacial score (nSPS) is 17.6. The van der Waals surface area contributed by atoms with E-state index in [2.05, 4.69) is 64.7 Å². The minimum Gasteiger partial charge on any atom is -0.346 e. The molecule has 2 heterocycles. The van der Waals surface area contributed by atoms with Gasteiger partial charge in [-0.05, 0) is 82.2 Å². The summed E-state index contributed by atoms with van der Waals surface area (Å²) in [6, 6.07) is 15.9. The van der Waals surface area contributed by atoms with Crippen LogP contribution >= 0.6 is 0 Å². The summed E-state index contributed by atoms with van der Waals surface area (Å²) in [6.07, 6.45) is 7.05. The lowest BCUT2D eigenvalue weighted by molar-refractivity contribution is 0.480. The van der Waals surface area contributed by atoms with Gasteiger partial charge in [-0.2, -0.15) is 18.9 Å². The van der Waals surface area contributed by atoms with E-state index in [0.717, 1.165) is 48.2 Å². The van der Waals surface area contributed by atoms with Gasteiger partial charge >= 0.3 is 0 Å². The zero-order chi connectivity index (χ0) is 28.2. The maximum absolute atomic E-state index is 11.2. The largest absolute Gasteiger partial charge is 0.346 e. The van der Waals surface area contributed by atoms with Crippen LogP contribution in [0.5, 0.6) is 0 Å². The van der Waals surface area contributed by atoms with E-state index in [9.17, 15) is 18.9 Å². The molecule has 0 radical (unpaired) electrons. The summed E-state index contributed by atoms with van der Waals surface area (Å²) in [4.78, 5) is 8.89. The number of benzene rings is 2. The number of unbranched alkanes of at least 4 members (excludes halogenated alkanes) is 1. The second kappa shape index (κ2) is 11.8. The first kappa shape index (κ1) is 28.0. The maximum Gasteiger partial charge on any atom is 0.264 e. The molecule has 1 N–H and O–H groups in total. The lowest BCUT2D eigenvalue weighted by Crippen LogP contribution is -2.42. The van der Waals surface area contributed by atoms with Gasteiger partial charge in [0.2, 0.25) is 0 Å². The van der Waals surface area contributed by atoms with Crippen LogP contribution in [0.1, 0.15) is 44.7 Å². The highest BCUT2D eigenvalue weighted by molar-refractivity contribution is 7.85. The summed E-state index contributed by atoms with van der Waals surface area (Å²) in [5.74, 6) is 0.760. The Kier molecular flexibility index (Phi) is 8.49. The number of fused-ring (bicyclic) bond motifs is 2. The summed E-state index contributed by atoms with van der Waals surface area (Å²) >= 11 is 0. The van der Waals surface area contributed by atoms with Gasteiger partial charge in [-0.1, -0.05) is 6.08 Å². The molecule has 2 aromatic carbocycles. The van der Waals surface area contributed by atoms with Gasteiger partial charge in [-0.15, -0.1) is 0 Å². The van der Waals surface area contributed by atoms with Crippen LogP contribution in [0.2, 0.25) is 0 Å². The minimum absolute atomic E-state index is 0.124. The predicted molar refractivity (Wildman–Crippen MR) is 155 cm³/mol. The topological polar surface area (TPSA) is 115 Å². The van der Waals surface area contributed by atoms with Crippen molar-refractivity contribution in [2.45, 2.75) is 39.8 Å². The molecule has 1 atom stereocenters. The summed E-state index contributed by atoms with van der Waals surface area (Å²) in [5.41, 5.74) is 5.25. The molecule has 9 nitrogen and oxygen atoms in total. The van der Waals surface area contributed by atoms with E-state index >= 15 is 0 Å². The molecule has 0 aliphatic carbocycles. The average molecular weight is 547 g/mol. The number of nitriles is 2. The second-order valence-electron chi connectivity index (χ2n) is 9.42. The van der Waals surface area contributed by atoms with E-state index < -0.39 is 10.1 Å².